The van der Waals surface area contributed by atoms with E-state index in [0.29, 0.717) is 29.9 Å². The summed E-state index contributed by atoms with van der Waals surface area (Å²) in [6.45, 7) is 2.32. The zero-order chi connectivity index (χ0) is 17.1. The van der Waals surface area contributed by atoms with Crippen LogP contribution in [0.2, 0.25) is 0 Å². The van der Waals surface area contributed by atoms with Gasteiger partial charge in [0.1, 0.15) is 11.5 Å². The van der Waals surface area contributed by atoms with Crippen molar-refractivity contribution in [3.63, 3.8) is 0 Å². The topological polar surface area (TPSA) is 118 Å². The molecule has 0 spiro atoms. The van der Waals surface area contributed by atoms with Crippen LogP contribution >= 0.6 is 0 Å². The van der Waals surface area contributed by atoms with E-state index >= 15 is 0 Å². The third-order valence-electron chi connectivity index (χ3n) is 3.37. The fourth-order valence-corrected chi connectivity index (χ4v) is 2.25. The van der Waals surface area contributed by atoms with Gasteiger partial charge in [0, 0.05) is 18.3 Å². The molecule has 0 amide bonds. The van der Waals surface area contributed by atoms with E-state index < -0.39 is 0 Å². The molecule has 0 atom stereocenters. The Balaban J connectivity index is 1.43. The van der Waals surface area contributed by atoms with E-state index in [4.69, 9.17) is 8.94 Å². The number of H-pyrrole nitrogens is 1. The molecule has 0 aliphatic carbocycles. The van der Waals surface area contributed by atoms with Crippen LogP contribution in [0.3, 0.4) is 0 Å². The lowest BCUT2D eigenvalue weighted by molar-refractivity contribution is 0.384. The molecule has 0 bridgehead atoms. The predicted octanol–water partition coefficient (Wildman–Crippen LogP) is 3.11. The summed E-state index contributed by atoms with van der Waals surface area (Å²) in [4.78, 5) is 8.57. The fraction of sp³-hybridized carbons (Fsp3) is 0.125. The molecule has 25 heavy (non-hydrogen) atoms. The highest BCUT2D eigenvalue weighted by Gasteiger charge is 2.07. The van der Waals surface area contributed by atoms with Crippen LogP contribution in [0.1, 0.15) is 11.5 Å². The lowest BCUT2D eigenvalue weighted by Crippen LogP contribution is -2.04. The summed E-state index contributed by atoms with van der Waals surface area (Å²) in [5.74, 6) is 3.15. The van der Waals surface area contributed by atoms with Crippen LogP contribution in [0.5, 0.6) is 0 Å². The number of aryl methyl sites for hydroxylation is 1. The zero-order valence-electron chi connectivity index (χ0n) is 13.4. The largest absolute Gasteiger partial charge is 0.463 e. The highest BCUT2D eigenvalue weighted by Crippen LogP contribution is 2.21. The molecule has 0 radical (unpaired) electrons. The van der Waals surface area contributed by atoms with Gasteiger partial charge in [0.25, 0.3) is 0 Å². The third-order valence-corrected chi connectivity index (χ3v) is 3.37. The first-order valence-corrected chi connectivity index (χ1v) is 7.62. The molecule has 0 aliphatic heterocycles. The van der Waals surface area contributed by atoms with E-state index in [-0.39, 0.29) is 0 Å². The van der Waals surface area contributed by atoms with Gasteiger partial charge in [-0.15, -0.1) is 0 Å². The number of nitrogens with one attached hydrogen (secondary N) is 3. The van der Waals surface area contributed by atoms with Crippen molar-refractivity contribution in [1.82, 2.24) is 25.3 Å². The van der Waals surface area contributed by atoms with Gasteiger partial charge in [0.05, 0.1) is 18.5 Å². The number of hydrogen-bond donors (Lipinski definition) is 3. The molecule has 126 valence electrons. The molecule has 4 heterocycles. The second-order valence-corrected chi connectivity index (χ2v) is 5.32. The lowest BCUT2D eigenvalue weighted by Gasteiger charge is -2.05. The van der Waals surface area contributed by atoms with Crippen molar-refractivity contribution < 1.29 is 8.94 Å². The number of anilines is 3. The molecule has 0 saturated heterocycles. The average molecular weight is 337 g/mol. The van der Waals surface area contributed by atoms with Crippen molar-refractivity contribution in [3.05, 3.63) is 54.2 Å². The monoisotopic (exact) mass is 337 g/mol. The highest BCUT2D eigenvalue weighted by atomic mass is 16.5. The highest BCUT2D eigenvalue weighted by molar-refractivity contribution is 5.61. The van der Waals surface area contributed by atoms with Crippen molar-refractivity contribution in [2.45, 2.75) is 13.5 Å². The maximum Gasteiger partial charge on any atom is 0.224 e. The van der Waals surface area contributed by atoms with E-state index in [1.807, 2.05) is 31.2 Å². The minimum absolute atomic E-state index is 0.454. The molecule has 9 nitrogen and oxygen atoms in total. The van der Waals surface area contributed by atoms with Crippen LogP contribution < -0.4 is 10.6 Å². The SMILES string of the molecule is Cc1cc(CNc2nccc(Nc3cc(-c4ccco4)[nH]n3)n2)on1. The smallest absolute Gasteiger partial charge is 0.224 e. The molecule has 0 fully saturated rings. The quantitative estimate of drug-likeness (QED) is 0.491. The molecule has 4 rings (SSSR count). The van der Waals surface area contributed by atoms with E-state index in [1.54, 1.807) is 18.5 Å². The molecule has 4 aromatic rings. The van der Waals surface area contributed by atoms with E-state index in [1.165, 1.54) is 0 Å². The number of aromatic amines is 1. The van der Waals surface area contributed by atoms with Gasteiger partial charge in [0.15, 0.2) is 17.3 Å². The van der Waals surface area contributed by atoms with Crippen LogP contribution in [-0.4, -0.2) is 25.3 Å². The standard InChI is InChI=1S/C16H15N7O2/c1-10-7-11(25-23-10)9-18-16-17-5-4-14(20-16)19-15-8-12(21-22-15)13-3-2-6-24-13/h2-8H,9H2,1H3,(H3,17,18,19,20,21,22). The average Bonchev–Trinajstić information content (AvgIpc) is 3.35. The van der Waals surface area contributed by atoms with Crippen LogP contribution in [0, 0.1) is 6.92 Å². The summed E-state index contributed by atoms with van der Waals surface area (Å²) >= 11 is 0. The molecular weight excluding hydrogens is 322 g/mol. The van der Waals surface area contributed by atoms with Crippen molar-refractivity contribution in [1.29, 1.82) is 0 Å². The lowest BCUT2D eigenvalue weighted by atomic mass is 10.3. The fourth-order valence-electron chi connectivity index (χ4n) is 2.25. The number of nitrogens with zero attached hydrogens (tertiary/aromatic N) is 4. The van der Waals surface area contributed by atoms with Gasteiger partial charge in [-0.05, 0) is 25.1 Å². The maximum atomic E-state index is 5.33. The molecule has 9 heteroatoms. The van der Waals surface area contributed by atoms with Gasteiger partial charge in [-0.25, -0.2) is 4.98 Å². The first-order chi connectivity index (χ1) is 12.3. The molecule has 0 saturated carbocycles. The Labute approximate surface area is 142 Å². The molecule has 4 aromatic heterocycles. The summed E-state index contributed by atoms with van der Waals surface area (Å²) < 4.78 is 10.5. The first-order valence-electron chi connectivity index (χ1n) is 7.62. The maximum absolute atomic E-state index is 5.33. The van der Waals surface area contributed by atoms with Crippen LogP contribution in [0.15, 0.2) is 51.7 Å². The summed E-state index contributed by atoms with van der Waals surface area (Å²) in [7, 11) is 0. The second-order valence-electron chi connectivity index (χ2n) is 5.32. The summed E-state index contributed by atoms with van der Waals surface area (Å²) in [6.07, 6.45) is 3.27. The molecule has 0 aromatic carbocycles. The molecule has 0 unspecified atom stereocenters. The number of aromatic nitrogens is 5. The third kappa shape index (κ3) is 3.50. The van der Waals surface area contributed by atoms with Crippen LogP contribution in [0.25, 0.3) is 11.5 Å². The Kier molecular flexibility index (Phi) is 3.87. The predicted molar refractivity (Wildman–Crippen MR) is 90.2 cm³/mol. The molecule has 3 N–H and O–H groups in total. The van der Waals surface area contributed by atoms with Gasteiger partial charge in [0.2, 0.25) is 5.95 Å². The van der Waals surface area contributed by atoms with Gasteiger partial charge < -0.3 is 19.6 Å². The number of rotatable bonds is 6. The minimum atomic E-state index is 0.454. The first kappa shape index (κ1) is 14.9. The number of hydrogen-bond acceptors (Lipinski definition) is 8. The van der Waals surface area contributed by atoms with Crippen molar-refractivity contribution in [2.75, 3.05) is 10.6 Å². The summed E-state index contributed by atoms with van der Waals surface area (Å²) in [5, 5.41) is 17.1. The normalized spacial score (nSPS) is 10.8. The Hall–Kier alpha value is -3.62. The van der Waals surface area contributed by atoms with Crippen molar-refractivity contribution in [2.24, 2.45) is 0 Å². The van der Waals surface area contributed by atoms with E-state index in [2.05, 4.69) is 36.0 Å². The van der Waals surface area contributed by atoms with E-state index in [0.717, 1.165) is 17.1 Å². The Morgan fingerprint density at radius 2 is 2.16 bits per heavy atom. The van der Waals surface area contributed by atoms with Gasteiger partial charge in [-0.1, -0.05) is 5.16 Å². The zero-order valence-corrected chi connectivity index (χ0v) is 13.4. The Morgan fingerprint density at radius 1 is 1.20 bits per heavy atom. The Bertz CT molecular complexity index is 958. The van der Waals surface area contributed by atoms with Gasteiger partial charge >= 0.3 is 0 Å². The molecule has 0 aliphatic rings. The Morgan fingerprint density at radius 3 is 2.96 bits per heavy atom. The minimum Gasteiger partial charge on any atom is -0.463 e. The molecular formula is C16H15N7O2. The van der Waals surface area contributed by atoms with Gasteiger partial charge in [-0.2, -0.15) is 10.1 Å². The van der Waals surface area contributed by atoms with E-state index in [9.17, 15) is 0 Å². The van der Waals surface area contributed by atoms with Crippen LogP contribution in [-0.2, 0) is 6.54 Å². The van der Waals surface area contributed by atoms with Gasteiger partial charge in [-0.3, -0.25) is 5.10 Å². The second kappa shape index (κ2) is 6.48. The van der Waals surface area contributed by atoms with Crippen molar-refractivity contribution in [3.8, 4) is 11.5 Å². The van der Waals surface area contributed by atoms with Crippen molar-refractivity contribution >= 4 is 17.6 Å². The van der Waals surface area contributed by atoms with Crippen LogP contribution in [0.4, 0.5) is 17.6 Å². The summed E-state index contributed by atoms with van der Waals surface area (Å²) in [5.41, 5.74) is 1.61. The summed E-state index contributed by atoms with van der Waals surface area (Å²) in [6, 6.07) is 9.13. The number of furan rings is 1.